The van der Waals surface area contributed by atoms with Crippen LogP contribution in [0.5, 0.6) is 5.75 Å². The molecule has 0 aliphatic rings. The number of carbonyl (C=O) groups is 1. The Labute approximate surface area is 102 Å². The minimum Gasteiger partial charge on any atom is -0.484 e. The largest absolute Gasteiger partial charge is 0.484 e. The minimum absolute atomic E-state index is 0.0125. The summed E-state index contributed by atoms with van der Waals surface area (Å²) in [6.45, 7) is 5.46. The number of hydrogen-bond acceptors (Lipinski definition) is 3. The number of aliphatic hydroxyl groups excluding tert-OH is 1. The molecule has 0 radical (unpaired) electrons. The van der Waals surface area contributed by atoms with Gasteiger partial charge in [-0.05, 0) is 38.5 Å². The third-order valence-electron chi connectivity index (χ3n) is 2.16. The quantitative estimate of drug-likeness (QED) is 0.818. The lowest BCUT2D eigenvalue weighted by Crippen LogP contribution is -2.34. The zero-order valence-corrected chi connectivity index (χ0v) is 10.4. The summed E-state index contributed by atoms with van der Waals surface area (Å²) in [6, 6.07) is 7.19. The lowest BCUT2D eigenvalue weighted by molar-refractivity contribution is -0.123. The molecule has 0 fully saturated rings. The molecule has 4 heteroatoms. The minimum atomic E-state index is -0.539. The third kappa shape index (κ3) is 4.87. The molecule has 17 heavy (non-hydrogen) atoms. The van der Waals surface area contributed by atoms with Crippen LogP contribution >= 0.6 is 0 Å². The summed E-state index contributed by atoms with van der Waals surface area (Å²) in [7, 11) is 0. The molecule has 0 saturated carbocycles. The Morgan fingerprint density at radius 3 is 2.71 bits per heavy atom. The number of carbonyl (C=O) groups excluding carboxylic acids is 1. The average Bonchev–Trinajstić information content (AvgIpc) is 2.26. The Morgan fingerprint density at radius 1 is 1.41 bits per heavy atom. The van der Waals surface area contributed by atoms with Crippen LogP contribution in [-0.4, -0.2) is 23.7 Å². The zero-order valence-electron chi connectivity index (χ0n) is 10.4. The summed E-state index contributed by atoms with van der Waals surface area (Å²) in [5.41, 5.74) is 0.770. The van der Waals surface area contributed by atoms with Gasteiger partial charge >= 0.3 is 0 Å². The van der Waals surface area contributed by atoms with Gasteiger partial charge in [0.15, 0.2) is 6.61 Å². The molecule has 0 spiro atoms. The number of ether oxygens (including phenoxy) is 1. The van der Waals surface area contributed by atoms with Crippen molar-refractivity contribution in [3.8, 4) is 5.75 Å². The van der Waals surface area contributed by atoms with Gasteiger partial charge in [-0.2, -0.15) is 0 Å². The van der Waals surface area contributed by atoms with E-state index in [9.17, 15) is 9.90 Å². The number of rotatable bonds is 5. The second-order valence-corrected chi connectivity index (χ2v) is 4.26. The molecule has 1 atom stereocenters. The van der Waals surface area contributed by atoms with E-state index in [-0.39, 0.29) is 18.6 Å². The summed E-state index contributed by atoms with van der Waals surface area (Å²) < 4.78 is 5.34. The second kappa shape index (κ2) is 6.25. The molecule has 1 amide bonds. The first-order valence-corrected chi connectivity index (χ1v) is 5.69. The lowest BCUT2D eigenvalue weighted by atomic mass is 10.1. The maximum absolute atomic E-state index is 11.4. The highest BCUT2D eigenvalue weighted by Gasteiger charge is 2.06. The molecule has 1 aromatic carbocycles. The highest BCUT2D eigenvalue weighted by Crippen LogP contribution is 2.18. The molecule has 0 bridgehead atoms. The molecule has 0 unspecified atom stereocenters. The maximum atomic E-state index is 11.4. The fourth-order valence-electron chi connectivity index (χ4n) is 1.38. The van der Waals surface area contributed by atoms with E-state index >= 15 is 0 Å². The van der Waals surface area contributed by atoms with E-state index in [4.69, 9.17) is 4.74 Å². The van der Waals surface area contributed by atoms with Gasteiger partial charge in [0.25, 0.3) is 5.91 Å². The van der Waals surface area contributed by atoms with Crippen LogP contribution in [0.25, 0.3) is 0 Å². The van der Waals surface area contributed by atoms with Crippen molar-refractivity contribution in [3.63, 3.8) is 0 Å². The zero-order chi connectivity index (χ0) is 12.8. The van der Waals surface area contributed by atoms with Crippen molar-refractivity contribution in [2.75, 3.05) is 6.61 Å². The van der Waals surface area contributed by atoms with Crippen LogP contribution in [0.3, 0.4) is 0 Å². The van der Waals surface area contributed by atoms with E-state index in [1.807, 2.05) is 19.9 Å². The van der Waals surface area contributed by atoms with Gasteiger partial charge < -0.3 is 15.2 Å². The fraction of sp³-hybridized carbons (Fsp3) is 0.462. The van der Waals surface area contributed by atoms with Gasteiger partial charge in [-0.15, -0.1) is 0 Å². The number of amides is 1. The Hall–Kier alpha value is -1.55. The van der Waals surface area contributed by atoms with Crippen molar-refractivity contribution < 1.29 is 14.6 Å². The van der Waals surface area contributed by atoms with Crippen molar-refractivity contribution >= 4 is 5.91 Å². The Bertz CT molecular complexity index is 375. The van der Waals surface area contributed by atoms with Crippen molar-refractivity contribution in [1.82, 2.24) is 5.32 Å². The maximum Gasteiger partial charge on any atom is 0.258 e. The molecule has 4 nitrogen and oxygen atoms in total. The van der Waals surface area contributed by atoms with Gasteiger partial charge in [-0.3, -0.25) is 4.79 Å². The summed E-state index contributed by atoms with van der Waals surface area (Å²) in [5.74, 6) is 0.435. The van der Waals surface area contributed by atoms with Crippen molar-refractivity contribution in [2.24, 2.45) is 0 Å². The van der Waals surface area contributed by atoms with Crippen LogP contribution < -0.4 is 10.1 Å². The van der Waals surface area contributed by atoms with Crippen molar-refractivity contribution in [3.05, 3.63) is 29.8 Å². The summed E-state index contributed by atoms with van der Waals surface area (Å²) in [5, 5.41) is 12.1. The second-order valence-electron chi connectivity index (χ2n) is 4.26. The smallest absolute Gasteiger partial charge is 0.258 e. The SMILES string of the molecule is CC(C)NC(=O)COc1cccc([C@@H](C)O)c1. The lowest BCUT2D eigenvalue weighted by Gasteiger charge is -2.11. The van der Waals surface area contributed by atoms with Gasteiger partial charge in [0, 0.05) is 6.04 Å². The Kier molecular flexibility index (Phi) is 4.97. The third-order valence-corrected chi connectivity index (χ3v) is 2.16. The monoisotopic (exact) mass is 237 g/mol. The Morgan fingerprint density at radius 2 is 2.12 bits per heavy atom. The van der Waals surface area contributed by atoms with Crippen LogP contribution in [-0.2, 0) is 4.79 Å². The number of hydrogen-bond donors (Lipinski definition) is 2. The van der Waals surface area contributed by atoms with Crippen LogP contribution in [0.15, 0.2) is 24.3 Å². The topological polar surface area (TPSA) is 58.6 Å². The molecule has 94 valence electrons. The molecule has 0 aromatic heterocycles. The van der Waals surface area contributed by atoms with E-state index < -0.39 is 6.10 Å². The molecule has 0 heterocycles. The molecule has 0 aliphatic heterocycles. The van der Waals surface area contributed by atoms with E-state index in [0.717, 1.165) is 5.56 Å². The molecular weight excluding hydrogens is 218 g/mol. The van der Waals surface area contributed by atoms with E-state index in [1.165, 1.54) is 0 Å². The molecule has 2 N–H and O–H groups in total. The molecule has 1 aromatic rings. The van der Waals surface area contributed by atoms with Crippen LogP contribution in [0, 0.1) is 0 Å². The van der Waals surface area contributed by atoms with E-state index in [0.29, 0.717) is 5.75 Å². The highest BCUT2D eigenvalue weighted by atomic mass is 16.5. The van der Waals surface area contributed by atoms with Gasteiger partial charge in [-0.1, -0.05) is 12.1 Å². The molecule has 0 aliphatic carbocycles. The fourth-order valence-corrected chi connectivity index (χ4v) is 1.38. The predicted molar refractivity (Wildman–Crippen MR) is 65.8 cm³/mol. The van der Waals surface area contributed by atoms with E-state index in [2.05, 4.69) is 5.32 Å². The van der Waals surface area contributed by atoms with Gasteiger partial charge in [0.1, 0.15) is 5.75 Å². The highest BCUT2D eigenvalue weighted by molar-refractivity contribution is 5.77. The first kappa shape index (κ1) is 13.5. The normalized spacial score (nSPS) is 12.3. The van der Waals surface area contributed by atoms with Crippen LogP contribution in [0.4, 0.5) is 0 Å². The van der Waals surface area contributed by atoms with Gasteiger partial charge in [0.05, 0.1) is 6.10 Å². The van der Waals surface area contributed by atoms with Crippen LogP contribution in [0.1, 0.15) is 32.4 Å². The van der Waals surface area contributed by atoms with E-state index in [1.54, 1.807) is 25.1 Å². The number of aliphatic hydroxyl groups is 1. The first-order valence-electron chi connectivity index (χ1n) is 5.69. The number of nitrogens with one attached hydrogen (secondary N) is 1. The standard InChI is InChI=1S/C13H19NO3/c1-9(2)14-13(16)8-17-12-6-4-5-11(7-12)10(3)15/h4-7,9-10,15H,8H2,1-3H3,(H,14,16)/t10-/m1/s1. The average molecular weight is 237 g/mol. The van der Waals surface area contributed by atoms with Gasteiger partial charge in [-0.25, -0.2) is 0 Å². The Balaban J connectivity index is 2.52. The summed E-state index contributed by atoms with van der Waals surface area (Å²) >= 11 is 0. The molecule has 1 rings (SSSR count). The van der Waals surface area contributed by atoms with Crippen LogP contribution in [0.2, 0.25) is 0 Å². The molecular formula is C13H19NO3. The number of benzene rings is 1. The molecule has 0 saturated heterocycles. The van der Waals surface area contributed by atoms with Crippen molar-refractivity contribution in [1.29, 1.82) is 0 Å². The summed E-state index contributed by atoms with van der Waals surface area (Å²) in [4.78, 5) is 11.4. The van der Waals surface area contributed by atoms with Crippen molar-refractivity contribution in [2.45, 2.75) is 32.9 Å². The summed E-state index contributed by atoms with van der Waals surface area (Å²) in [6.07, 6.45) is -0.539. The predicted octanol–water partition coefficient (Wildman–Crippen LogP) is 1.64. The van der Waals surface area contributed by atoms with Gasteiger partial charge in [0.2, 0.25) is 0 Å². The first-order chi connectivity index (χ1) is 7.99.